The van der Waals surface area contributed by atoms with E-state index in [2.05, 4.69) is 17.3 Å². The summed E-state index contributed by atoms with van der Waals surface area (Å²) in [5.74, 6) is 7.56. The summed E-state index contributed by atoms with van der Waals surface area (Å²) in [6, 6.07) is 1.87. The Morgan fingerprint density at radius 1 is 1.60 bits per heavy atom. The van der Waals surface area contributed by atoms with Gasteiger partial charge in [-0.15, -0.1) is 0 Å². The molecule has 15 heavy (non-hydrogen) atoms. The van der Waals surface area contributed by atoms with Crippen LogP contribution in [0.1, 0.15) is 24.9 Å². The van der Waals surface area contributed by atoms with Gasteiger partial charge in [-0.1, -0.05) is 6.92 Å². The average Bonchev–Trinajstić information content (AvgIpc) is 2.26. The van der Waals surface area contributed by atoms with Gasteiger partial charge in [-0.05, 0) is 18.2 Å². The predicted octanol–water partition coefficient (Wildman–Crippen LogP) is 1.31. The highest BCUT2D eigenvalue weighted by Gasteiger charge is 2.12. The van der Waals surface area contributed by atoms with Crippen molar-refractivity contribution in [1.29, 1.82) is 0 Å². The van der Waals surface area contributed by atoms with Gasteiger partial charge < -0.3 is 5.73 Å². The first-order chi connectivity index (χ1) is 7.29. The fraction of sp³-hybridized carbons (Fsp3) is 0.500. The maximum Gasteiger partial charge on any atom is 0.0586 e. The normalized spacial score (nSPS) is 12.7. The van der Waals surface area contributed by atoms with Crippen molar-refractivity contribution in [2.24, 2.45) is 5.84 Å². The predicted molar refractivity (Wildman–Crippen MR) is 66.3 cm³/mol. The molecule has 1 aromatic rings. The lowest BCUT2D eigenvalue weighted by molar-refractivity contribution is 0.610. The highest BCUT2D eigenvalue weighted by molar-refractivity contribution is 7.99. The van der Waals surface area contributed by atoms with Crippen molar-refractivity contribution < 1.29 is 0 Å². The summed E-state index contributed by atoms with van der Waals surface area (Å²) in [7, 11) is 0. The minimum atomic E-state index is 0.0789. The smallest absolute Gasteiger partial charge is 0.0586 e. The molecule has 84 valence electrons. The monoisotopic (exact) mass is 226 g/mol. The molecule has 0 bridgehead atoms. The Morgan fingerprint density at radius 2 is 2.40 bits per heavy atom. The van der Waals surface area contributed by atoms with Gasteiger partial charge in [0, 0.05) is 29.4 Å². The zero-order chi connectivity index (χ0) is 11.1. The Bertz CT molecular complexity index is 293. The first-order valence-corrected chi connectivity index (χ1v) is 6.18. The summed E-state index contributed by atoms with van der Waals surface area (Å²) in [5, 5.41) is 0. The van der Waals surface area contributed by atoms with Crippen molar-refractivity contribution >= 4 is 17.4 Å². The number of aromatic nitrogens is 1. The SMILES string of the molecule is CCCSCC(NN)c1cnccc1N. The molecule has 0 fully saturated rings. The first kappa shape index (κ1) is 12.3. The Kier molecular flexibility index (Phi) is 5.45. The van der Waals surface area contributed by atoms with E-state index in [-0.39, 0.29) is 6.04 Å². The van der Waals surface area contributed by atoms with Crippen LogP contribution in [-0.4, -0.2) is 16.5 Å². The number of nitrogens with zero attached hydrogens (tertiary/aromatic N) is 1. The lowest BCUT2D eigenvalue weighted by atomic mass is 10.1. The molecule has 5 heteroatoms. The number of hydrazine groups is 1. The summed E-state index contributed by atoms with van der Waals surface area (Å²) in [5.41, 5.74) is 10.4. The molecule has 0 spiro atoms. The Labute approximate surface area is 94.8 Å². The molecule has 0 aliphatic heterocycles. The standard InChI is InChI=1S/C10H18N4S/c1-2-5-15-7-10(14-12)8-6-13-4-3-9(8)11/h3-4,6,10,14H,2,5,7,12H2,1H3,(H2,11,13). The largest absolute Gasteiger partial charge is 0.398 e. The number of nitrogens with two attached hydrogens (primary N) is 2. The number of hydrogen-bond acceptors (Lipinski definition) is 5. The van der Waals surface area contributed by atoms with E-state index in [4.69, 9.17) is 11.6 Å². The van der Waals surface area contributed by atoms with Crippen molar-refractivity contribution in [2.75, 3.05) is 17.2 Å². The Morgan fingerprint density at radius 3 is 3.00 bits per heavy atom. The van der Waals surface area contributed by atoms with Crippen molar-refractivity contribution in [3.63, 3.8) is 0 Å². The lowest BCUT2D eigenvalue weighted by Crippen LogP contribution is -2.30. The summed E-state index contributed by atoms with van der Waals surface area (Å²) in [6.45, 7) is 2.16. The summed E-state index contributed by atoms with van der Waals surface area (Å²) in [4.78, 5) is 4.06. The first-order valence-electron chi connectivity index (χ1n) is 5.02. The van der Waals surface area contributed by atoms with E-state index < -0.39 is 0 Å². The second-order valence-corrected chi connectivity index (χ2v) is 4.45. The van der Waals surface area contributed by atoms with E-state index in [1.807, 2.05) is 11.8 Å². The van der Waals surface area contributed by atoms with E-state index in [0.29, 0.717) is 0 Å². The molecule has 1 unspecified atom stereocenters. The van der Waals surface area contributed by atoms with Crippen LogP contribution >= 0.6 is 11.8 Å². The molecule has 0 aliphatic carbocycles. The highest BCUT2D eigenvalue weighted by atomic mass is 32.2. The van der Waals surface area contributed by atoms with Gasteiger partial charge in [-0.25, -0.2) is 0 Å². The molecule has 0 radical (unpaired) electrons. The maximum absolute atomic E-state index is 5.86. The van der Waals surface area contributed by atoms with Gasteiger partial charge >= 0.3 is 0 Å². The van der Waals surface area contributed by atoms with Crippen LogP contribution in [0, 0.1) is 0 Å². The number of pyridine rings is 1. The number of hydrogen-bond donors (Lipinski definition) is 3. The second kappa shape index (κ2) is 6.66. The third-order valence-electron chi connectivity index (χ3n) is 2.10. The molecule has 4 nitrogen and oxygen atoms in total. The summed E-state index contributed by atoms with van der Waals surface area (Å²) >= 11 is 1.86. The van der Waals surface area contributed by atoms with Gasteiger partial charge in [0.25, 0.3) is 0 Å². The van der Waals surface area contributed by atoms with Gasteiger partial charge in [0.15, 0.2) is 0 Å². The molecule has 0 aromatic carbocycles. The van der Waals surface area contributed by atoms with Gasteiger partial charge in [-0.2, -0.15) is 11.8 Å². The van der Waals surface area contributed by atoms with Crippen molar-refractivity contribution in [2.45, 2.75) is 19.4 Å². The minimum absolute atomic E-state index is 0.0789. The quantitative estimate of drug-likeness (QED) is 0.387. The van der Waals surface area contributed by atoms with E-state index in [0.717, 1.165) is 22.8 Å². The number of nitrogen functional groups attached to an aromatic ring is 1. The van der Waals surface area contributed by atoms with Crippen LogP contribution in [0.5, 0.6) is 0 Å². The number of thioether (sulfide) groups is 1. The Hall–Kier alpha value is -0.780. The van der Waals surface area contributed by atoms with Gasteiger partial charge in [0.2, 0.25) is 0 Å². The van der Waals surface area contributed by atoms with Crippen LogP contribution in [0.3, 0.4) is 0 Å². The highest BCUT2D eigenvalue weighted by Crippen LogP contribution is 2.22. The van der Waals surface area contributed by atoms with E-state index >= 15 is 0 Å². The van der Waals surface area contributed by atoms with Crippen LogP contribution < -0.4 is 17.0 Å². The van der Waals surface area contributed by atoms with Crippen LogP contribution in [0.25, 0.3) is 0 Å². The fourth-order valence-corrected chi connectivity index (χ4v) is 2.25. The van der Waals surface area contributed by atoms with Crippen LogP contribution in [0.2, 0.25) is 0 Å². The lowest BCUT2D eigenvalue weighted by Gasteiger charge is -2.17. The molecule has 0 aliphatic rings. The molecule has 1 heterocycles. The van der Waals surface area contributed by atoms with Crippen molar-refractivity contribution in [3.8, 4) is 0 Å². The molecule has 1 atom stereocenters. The third-order valence-corrected chi connectivity index (χ3v) is 3.36. The third kappa shape index (κ3) is 3.70. The number of anilines is 1. The zero-order valence-electron chi connectivity index (χ0n) is 8.94. The van der Waals surface area contributed by atoms with E-state index in [1.54, 1.807) is 18.5 Å². The van der Waals surface area contributed by atoms with Gasteiger partial charge in [0.05, 0.1) is 6.04 Å². The van der Waals surface area contributed by atoms with Gasteiger partial charge in [0.1, 0.15) is 0 Å². The van der Waals surface area contributed by atoms with E-state index in [1.165, 1.54) is 6.42 Å². The summed E-state index contributed by atoms with van der Waals surface area (Å²) < 4.78 is 0. The van der Waals surface area contributed by atoms with Crippen LogP contribution in [-0.2, 0) is 0 Å². The fourth-order valence-electron chi connectivity index (χ4n) is 1.28. The summed E-state index contributed by atoms with van der Waals surface area (Å²) in [6.07, 6.45) is 4.63. The van der Waals surface area contributed by atoms with Crippen LogP contribution in [0.15, 0.2) is 18.5 Å². The number of rotatable bonds is 6. The Balaban J connectivity index is 2.61. The topological polar surface area (TPSA) is 77.0 Å². The molecule has 0 amide bonds. The van der Waals surface area contributed by atoms with Gasteiger partial charge in [-0.3, -0.25) is 16.3 Å². The minimum Gasteiger partial charge on any atom is -0.398 e. The van der Waals surface area contributed by atoms with Crippen molar-refractivity contribution in [1.82, 2.24) is 10.4 Å². The molecule has 1 aromatic heterocycles. The second-order valence-electron chi connectivity index (χ2n) is 3.30. The van der Waals surface area contributed by atoms with E-state index in [9.17, 15) is 0 Å². The molecule has 5 N–H and O–H groups in total. The molecular formula is C10H18N4S. The number of nitrogens with one attached hydrogen (secondary N) is 1. The molecule has 0 saturated heterocycles. The van der Waals surface area contributed by atoms with Crippen LogP contribution in [0.4, 0.5) is 5.69 Å². The molecule has 0 saturated carbocycles. The average molecular weight is 226 g/mol. The maximum atomic E-state index is 5.86. The zero-order valence-corrected chi connectivity index (χ0v) is 9.76. The molecular weight excluding hydrogens is 208 g/mol. The molecule has 1 rings (SSSR count). The van der Waals surface area contributed by atoms with Crippen molar-refractivity contribution in [3.05, 3.63) is 24.0 Å².